The topological polar surface area (TPSA) is 71.1 Å². The highest BCUT2D eigenvalue weighted by molar-refractivity contribution is 7.63. The maximum Gasteiger partial charge on any atom is 0.462 e. The normalized spacial score (nSPS) is 11.4. The van der Waals surface area contributed by atoms with Crippen molar-refractivity contribution in [3.8, 4) is 34.1 Å². The fourth-order valence-electron chi connectivity index (χ4n) is 4.40. The molecule has 6 rings (SSSR count). The van der Waals surface area contributed by atoms with Gasteiger partial charge in [-0.1, -0.05) is 97.1 Å². The van der Waals surface area contributed by atoms with Crippen LogP contribution in [0.1, 0.15) is 0 Å². The second-order valence-electron chi connectivity index (χ2n) is 9.71. The predicted octanol–water partition coefficient (Wildman–Crippen LogP) is 9.31. The van der Waals surface area contributed by atoms with Gasteiger partial charge in [-0.05, 0) is 83.9 Å². The first-order chi connectivity index (χ1) is 21.5. The summed E-state index contributed by atoms with van der Waals surface area (Å²) in [7, 11) is -7.59. The zero-order chi connectivity index (χ0) is 30.2. The maximum absolute atomic E-state index is 14.2. The van der Waals surface area contributed by atoms with Gasteiger partial charge < -0.3 is 18.1 Å². The molecule has 0 amide bonds. The molecular weight excluding hydrogens is 590 g/mol. The number of benzene rings is 6. The van der Waals surface area contributed by atoms with Crippen molar-refractivity contribution in [1.82, 2.24) is 0 Å². The molecule has 218 valence electrons. The number of rotatable bonds is 11. The Morgan fingerprint density at radius 3 is 0.750 bits per heavy atom. The zero-order valence-corrected chi connectivity index (χ0v) is 25.3. The zero-order valence-electron chi connectivity index (χ0n) is 23.5. The van der Waals surface area contributed by atoms with E-state index in [0.717, 1.165) is 11.1 Å². The summed E-state index contributed by atoms with van der Waals surface area (Å²) in [5.74, 6) is 1.75. The lowest BCUT2D eigenvalue weighted by atomic mass is 10.1. The van der Waals surface area contributed by atoms with Crippen LogP contribution < -0.4 is 28.7 Å². The van der Waals surface area contributed by atoms with Crippen LogP contribution in [0.5, 0.6) is 23.0 Å². The van der Waals surface area contributed by atoms with Crippen LogP contribution in [-0.2, 0) is 9.13 Å². The van der Waals surface area contributed by atoms with Gasteiger partial charge in [0.25, 0.3) is 0 Å². The minimum atomic E-state index is -3.79. The van der Waals surface area contributed by atoms with E-state index in [2.05, 4.69) is 0 Å². The Hall–Kier alpha value is -5.02. The van der Waals surface area contributed by atoms with Gasteiger partial charge in [0.05, 0.1) is 10.6 Å². The van der Waals surface area contributed by atoms with Crippen molar-refractivity contribution in [2.75, 3.05) is 0 Å². The summed E-state index contributed by atoms with van der Waals surface area (Å²) < 4.78 is 52.2. The molecule has 0 aliphatic rings. The lowest BCUT2D eigenvalue weighted by Crippen LogP contribution is -2.15. The lowest BCUT2D eigenvalue weighted by Gasteiger charge is -2.21. The first-order valence-electron chi connectivity index (χ1n) is 13.9. The van der Waals surface area contributed by atoms with Crippen LogP contribution >= 0.6 is 15.2 Å². The van der Waals surface area contributed by atoms with Gasteiger partial charge in [-0.25, -0.2) is 9.13 Å². The molecule has 0 aliphatic heterocycles. The first-order valence-corrected chi connectivity index (χ1v) is 17.0. The van der Waals surface area contributed by atoms with Crippen molar-refractivity contribution in [1.29, 1.82) is 0 Å². The number of para-hydroxylation sites is 4. The van der Waals surface area contributed by atoms with Crippen molar-refractivity contribution in [3.63, 3.8) is 0 Å². The second kappa shape index (κ2) is 13.1. The average molecular weight is 619 g/mol. The molecule has 44 heavy (non-hydrogen) atoms. The van der Waals surface area contributed by atoms with E-state index in [1.807, 2.05) is 97.1 Å². The summed E-state index contributed by atoms with van der Waals surface area (Å²) in [6.07, 6.45) is 0. The molecule has 0 unspecified atom stereocenters. The van der Waals surface area contributed by atoms with Crippen LogP contribution in [0.25, 0.3) is 11.1 Å². The van der Waals surface area contributed by atoms with Crippen molar-refractivity contribution in [2.45, 2.75) is 0 Å². The Morgan fingerprint density at radius 1 is 0.295 bits per heavy atom. The molecule has 0 saturated heterocycles. The highest BCUT2D eigenvalue weighted by Gasteiger charge is 2.33. The summed E-state index contributed by atoms with van der Waals surface area (Å²) in [5, 5.41) is 0.810. The molecule has 0 spiro atoms. The van der Waals surface area contributed by atoms with E-state index in [-0.39, 0.29) is 0 Å². The Balaban J connectivity index is 1.27. The highest BCUT2D eigenvalue weighted by Crippen LogP contribution is 2.49. The van der Waals surface area contributed by atoms with E-state index < -0.39 is 15.2 Å². The van der Waals surface area contributed by atoms with Crippen molar-refractivity contribution in [2.24, 2.45) is 0 Å². The molecule has 0 aromatic heterocycles. The van der Waals surface area contributed by atoms with Gasteiger partial charge in [-0.3, -0.25) is 0 Å². The van der Waals surface area contributed by atoms with Gasteiger partial charge in [0.15, 0.2) is 0 Å². The minimum absolute atomic E-state index is 0.405. The van der Waals surface area contributed by atoms with E-state index in [9.17, 15) is 9.13 Å². The average Bonchev–Trinajstić information content (AvgIpc) is 3.07. The largest absolute Gasteiger partial charge is 0.462 e. The van der Waals surface area contributed by atoms with Gasteiger partial charge in [0, 0.05) is 0 Å². The third-order valence-corrected chi connectivity index (χ3v) is 10.2. The molecule has 6 nitrogen and oxygen atoms in total. The third-order valence-electron chi connectivity index (χ3n) is 6.58. The third kappa shape index (κ3) is 6.95. The Morgan fingerprint density at radius 2 is 0.523 bits per heavy atom. The Labute approximate surface area is 256 Å². The van der Waals surface area contributed by atoms with Crippen LogP contribution in [0.2, 0.25) is 0 Å². The van der Waals surface area contributed by atoms with E-state index in [1.165, 1.54) is 0 Å². The summed E-state index contributed by atoms with van der Waals surface area (Å²) in [6, 6.07) is 50.1. The van der Waals surface area contributed by atoms with Crippen molar-refractivity contribution >= 4 is 25.8 Å². The maximum atomic E-state index is 14.2. The fraction of sp³-hybridized carbons (Fsp3) is 0. The molecule has 0 aliphatic carbocycles. The van der Waals surface area contributed by atoms with Gasteiger partial charge in [-0.15, -0.1) is 0 Å². The quantitative estimate of drug-likeness (QED) is 0.135. The SMILES string of the molecule is O=P(Oc1ccccc1)(Oc1ccccc1)c1ccc(-c2ccc(P(=O)(Oc3ccccc3)Oc3ccccc3)cc2)cc1. The van der Waals surface area contributed by atoms with Gasteiger partial charge in [-0.2, -0.15) is 0 Å². The van der Waals surface area contributed by atoms with Crippen molar-refractivity contribution < 1.29 is 27.2 Å². The summed E-state index contributed by atoms with van der Waals surface area (Å²) in [6.45, 7) is 0. The van der Waals surface area contributed by atoms with Crippen molar-refractivity contribution in [3.05, 3.63) is 170 Å². The van der Waals surface area contributed by atoms with Crippen LogP contribution in [0, 0.1) is 0 Å². The molecule has 0 N–H and O–H groups in total. The van der Waals surface area contributed by atoms with E-state index in [1.54, 1.807) is 72.8 Å². The summed E-state index contributed by atoms with van der Waals surface area (Å²) in [5.41, 5.74) is 1.71. The van der Waals surface area contributed by atoms with Crippen LogP contribution in [0.15, 0.2) is 170 Å². The Bertz CT molecular complexity index is 1650. The van der Waals surface area contributed by atoms with Gasteiger partial charge >= 0.3 is 15.2 Å². The number of hydrogen-bond donors (Lipinski definition) is 0. The van der Waals surface area contributed by atoms with Crippen LogP contribution in [-0.4, -0.2) is 0 Å². The molecule has 0 saturated carbocycles. The first kappa shape index (κ1) is 29.1. The van der Waals surface area contributed by atoms with E-state index in [0.29, 0.717) is 33.6 Å². The van der Waals surface area contributed by atoms with E-state index in [4.69, 9.17) is 18.1 Å². The molecule has 0 atom stereocenters. The Kier molecular flexibility index (Phi) is 8.65. The van der Waals surface area contributed by atoms with Gasteiger partial charge in [0.1, 0.15) is 23.0 Å². The number of hydrogen-bond acceptors (Lipinski definition) is 6. The second-order valence-corrected chi connectivity index (χ2v) is 13.5. The van der Waals surface area contributed by atoms with Crippen LogP contribution in [0.4, 0.5) is 0 Å². The molecule has 6 aromatic carbocycles. The molecule has 8 heteroatoms. The monoisotopic (exact) mass is 618 g/mol. The molecule has 0 radical (unpaired) electrons. The smallest absolute Gasteiger partial charge is 0.413 e. The molecular formula is C36H28O6P2. The van der Waals surface area contributed by atoms with E-state index >= 15 is 0 Å². The molecule has 0 bridgehead atoms. The molecule has 6 aromatic rings. The fourth-order valence-corrected chi connectivity index (χ4v) is 7.52. The minimum Gasteiger partial charge on any atom is -0.413 e. The molecule has 0 heterocycles. The summed E-state index contributed by atoms with van der Waals surface area (Å²) in [4.78, 5) is 0. The predicted molar refractivity (Wildman–Crippen MR) is 175 cm³/mol. The molecule has 0 fully saturated rings. The summed E-state index contributed by atoms with van der Waals surface area (Å²) >= 11 is 0. The van der Waals surface area contributed by atoms with Gasteiger partial charge in [0.2, 0.25) is 0 Å². The lowest BCUT2D eigenvalue weighted by molar-refractivity contribution is 0.398. The standard InChI is InChI=1S/C36H28O6P2/c37-43(39-31-13-5-1-6-14-31,40-32-15-7-2-8-16-32)35-25-21-29(22-26-35)30-23-27-36(28-24-30)44(38,41-33-17-9-3-10-18-33)42-34-19-11-4-12-20-34/h1-28H. The highest BCUT2D eigenvalue weighted by atomic mass is 31.2. The van der Waals surface area contributed by atoms with Crippen LogP contribution in [0.3, 0.4) is 0 Å².